The molecule has 2 aromatic carbocycles. The van der Waals surface area contributed by atoms with Crippen LogP contribution < -0.4 is 3.58 Å². The Labute approximate surface area is 221 Å². The van der Waals surface area contributed by atoms with E-state index >= 15 is 0 Å². The molecule has 2 aliphatic carbocycles. The Bertz CT molecular complexity index is 853. The van der Waals surface area contributed by atoms with Crippen LogP contribution in [0.5, 0.6) is 0 Å². The summed E-state index contributed by atoms with van der Waals surface area (Å²) < 4.78 is 5.34. The molecule has 0 unspecified atom stereocenters. The summed E-state index contributed by atoms with van der Waals surface area (Å²) in [6.45, 7) is 15.4. The number of rotatable bonds is 8. The number of aryl methyl sites for hydroxylation is 1. The van der Waals surface area contributed by atoms with Crippen molar-refractivity contribution in [2.45, 2.75) is 98.8 Å². The summed E-state index contributed by atoms with van der Waals surface area (Å²) in [6, 6.07) is 23.8. The van der Waals surface area contributed by atoms with Gasteiger partial charge in [0, 0.05) is 0 Å². The molecule has 0 N–H and O–H groups in total. The van der Waals surface area contributed by atoms with Crippen molar-refractivity contribution >= 4 is 22.0 Å². The van der Waals surface area contributed by atoms with Gasteiger partial charge in [-0.3, -0.25) is 0 Å². The summed E-state index contributed by atoms with van der Waals surface area (Å²) in [4.78, 5) is 0. The van der Waals surface area contributed by atoms with Crippen molar-refractivity contribution in [2.75, 3.05) is 0 Å². The van der Waals surface area contributed by atoms with Gasteiger partial charge in [-0.1, -0.05) is 0 Å². The third-order valence-corrected chi connectivity index (χ3v) is 28.8. The molecule has 0 bridgehead atoms. The van der Waals surface area contributed by atoms with E-state index in [1.807, 2.05) is 3.58 Å². The van der Waals surface area contributed by atoms with Gasteiger partial charge < -0.3 is 0 Å². The molecule has 0 spiro atoms. The van der Waals surface area contributed by atoms with Crippen molar-refractivity contribution in [3.8, 4) is 0 Å². The summed E-state index contributed by atoms with van der Waals surface area (Å²) in [5.74, 6) is 5.24. The van der Waals surface area contributed by atoms with Gasteiger partial charge in [0.2, 0.25) is 0 Å². The molecule has 192 valence electrons. The average molecular weight is 580 g/mol. The van der Waals surface area contributed by atoms with Crippen LogP contribution in [0.4, 0.5) is 0 Å². The molecule has 2 aliphatic rings. The van der Waals surface area contributed by atoms with Gasteiger partial charge >= 0.3 is 222 Å². The monoisotopic (exact) mass is 580 g/mol. The third kappa shape index (κ3) is 6.05. The van der Waals surface area contributed by atoms with E-state index < -0.39 is 18.4 Å². The van der Waals surface area contributed by atoms with E-state index in [0.717, 1.165) is 43.4 Å². The summed E-state index contributed by atoms with van der Waals surface area (Å²) >= 11 is -2.98. The van der Waals surface area contributed by atoms with Gasteiger partial charge in [-0.15, -0.1) is 0 Å². The second-order valence-corrected chi connectivity index (χ2v) is 26.5. The van der Waals surface area contributed by atoms with Crippen molar-refractivity contribution in [1.82, 2.24) is 0 Å². The predicted octanol–water partition coefficient (Wildman–Crippen LogP) is 9.51. The Morgan fingerprint density at radius 1 is 0.657 bits per heavy atom. The maximum absolute atomic E-state index is 2.98. The van der Waals surface area contributed by atoms with Crippen LogP contribution in [0, 0.1) is 35.5 Å². The van der Waals surface area contributed by atoms with Gasteiger partial charge in [0.25, 0.3) is 0 Å². The first-order chi connectivity index (χ1) is 16.8. The Morgan fingerprint density at radius 2 is 1.11 bits per heavy atom. The number of hydrogen-bond acceptors (Lipinski definition) is 0. The van der Waals surface area contributed by atoms with E-state index in [-0.39, 0.29) is 0 Å². The SMILES string of the molecule is CC(C)[C@@H]1CC[C@@H](C)C[C@H]1[Sn]([CH2]Cc1ccccc1)([c]1ccccc1)[C@@H]1C[C@H](C)CC[C@H]1C(C)C. The molecular weight excluding hydrogens is 527 g/mol. The molecule has 1 heteroatoms. The van der Waals surface area contributed by atoms with Gasteiger partial charge in [0.15, 0.2) is 0 Å². The topological polar surface area (TPSA) is 0 Å². The zero-order valence-electron chi connectivity index (χ0n) is 23.5. The first-order valence-corrected chi connectivity index (χ1v) is 21.7. The standard InChI is InChI=1S/2C10H19.C8H9.C6H5.Sn/c2*1-8(2)10-6-4-9(3)5-7-10;1-2-8-6-4-3-5-7-8;1-2-4-6-5-3-1;/h2*6,8-10H,4-5,7H2,1-3H3;3-7H,1-2H2;1-5H;/t2*9-,10-;;;/m00.../s1. The van der Waals surface area contributed by atoms with Crippen LogP contribution in [0.25, 0.3) is 0 Å². The molecule has 6 atom stereocenters. The van der Waals surface area contributed by atoms with Crippen LogP contribution in [-0.2, 0) is 6.42 Å². The first kappa shape index (κ1) is 27.3. The van der Waals surface area contributed by atoms with Crippen LogP contribution in [0.3, 0.4) is 0 Å². The summed E-state index contributed by atoms with van der Waals surface area (Å²) in [7, 11) is 0. The van der Waals surface area contributed by atoms with Gasteiger partial charge in [-0.25, -0.2) is 0 Å². The van der Waals surface area contributed by atoms with Crippen LogP contribution >= 0.6 is 0 Å². The van der Waals surface area contributed by atoms with Crippen LogP contribution in [0.2, 0.25) is 12.3 Å². The molecule has 35 heavy (non-hydrogen) atoms. The van der Waals surface area contributed by atoms with Crippen molar-refractivity contribution in [3.63, 3.8) is 0 Å². The number of hydrogen-bond donors (Lipinski definition) is 0. The van der Waals surface area contributed by atoms with Crippen molar-refractivity contribution in [1.29, 1.82) is 0 Å². The molecule has 0 aliphatic heterocycles. The van der Waals surface area contributed by atoms with E-state index in [1.54, 1.807) is 5.56 Å². The third-order valence-electron chi connectivity index (χ3n) is 10.3. The molecule has 0 radical (unpaired) electrons. The van der Waals surface area contributed by atoms with Crippen molar-refractivity contribution in [2.24, 2.45) is 35.5 Å². The quantitative estimate of drug-likeness (QED) is 0.273. The molecule has 0 nitrogen and oxygen atoms in total. The molecule has 0 amide bonds. The average Bonchev–Trinajstić information content (AvgIpc) is 2.85. The maximum atomic E-state index is 2.62. The summed E-state index contributed by atoms with van der Waals surface area (Å²) in [5, 5.41) is 0. The normalized spacial score (nSPS) is 30.1. The van der Waals surface area contributed by atoms with Crippen LogP contribution in [0.15, 0.2) is 60.7 Å². The molecule has 0 heterocycles. The second-order valence-electron chi connectivity index (χ2n) is 13.3. The van der Waals surface area contributed by atoms with E-state index in [0.29, 0.717) is 0 Å². The van der Waals surface area contributed by atoms with Crippen molar-refractivity contribution < 1.29 is 0 Å². The molecule has 4 rings (SSSR count). The molecule has 0 aromatic heterocycles. The van der Waals surface area contributed by atoms with Crippen LogP contribution in [-0.4, -0.2) is 18.4 Å². The van der Waals surface area contributed by atoms with E-state index in [4.69, 9.17) is 0 Å². The van der Waals surface area contributed by atoms with Gasteiger partial charge in [-0.2, -0.15) is 0 Å². The van der Waals surface area contributed by atoms with E-state index in [1.165, 1.54) is 49.4 Å². The van der Waals surface area contributed by atoms with Gasteiger partial charge in [-0.05, 0) is 0 Å². The molecular formula is C34H52Sn. The molecule has 2 aromatic rings. The fraction of sp³-hybridized carbons (Fsp3) is 0.647. The Kier molecular flexibility index (Phi) is 9.50. The minimum absolute atomic E-state index is 0.808. The van der Waals surface area contributed by atoms with E-state index in [2.05, 4.69) is 102 Å². The molecule has 2 saturated carbocycles. The summed E-state index contributed by atoms with van der Waals surface area (Å²) in [5.41, 5.74) is 1.57. The predicted molar refractivity (Wildman–Crippen MR) is 157 cm³/mol. The summed E-state index contributed by atoms with van der Waals surface area (Å²) in [6.07, 6.45) is 10.1. The molecule has 2 fully saturated rings. The Hall–Kier alpha value is -0.761. The molecule has 0 saturated heterocycles. The van der Waals surface area contributed by atoms with Gasteiger partial charge in [0.1, 0.15) is 0 Å². The first-order valence-electron chi connectivity index (χ1n) is 14.9. The fourth-order valence-electron chi connectivity index (χ4n) is 8.55. The van der Waals surface area contributed by atoms with Crippen LogP contribution in [0.1, 0.15) is 85.6 Å². The van der Waals surface area contributed by atoms with Gasteiger partial charge in [0.05, 0.1) is 0 Å². The zero-order valence-corrected chi connectivity index (χ0v) is 26.4. The van der Waals surface area contributed by atoms with Crippen molar-refractivity contribution in [3.05, 3.63) is 66.2 Å². The zero-order chi connectivity index (χ0) is 25.0. The Balaban J connectivity index is 1.90. The Morgan fingerprint density at radius 3 is 1.57 bits per heavy atom. The fourth-order valence-corrected chi connectivity index (χ4v) is 32.0. The second kappa shape index (κ2) is 12.2. The van der Waals surface area contributed by atoms with E-state index in [9.17, 15) is 0 Å². The minimum atomic E-state index is -2.98. The number of benzene rings is 2.